The van der Waals surface area contributed by atoms with Crippen molar-refractivity contribution in [1.82, 2.24) is 0 Å². The third-order valence-corrected chi connectivity index (χ3v) is 2.29. The van der Waals surface area contributed by atoms with Crippen molar-refractivity contribution in [2.75, 3.05) is 19.0 Å². The van der Waals surface area contributed by atoms with Gasteiger partial charge in [-0.25, -0.2) is 4.39 Å². The Morgan fingerprint density at radius 2 is 1.88 bits per heavy atom. The Labute approximate surface area is 97.0 Å². The number of anilines is 1. The minimum atomic E-state index is -1.61. The lowest BCUT2D eigenvalue weighted by atomic mass is 9.79. The lowest BCUT2D eigenvalue weighted by molar-refractivity contribution is -0.221. The molecule has 16 heavy (non-hydrogen) atoms. The fraction of sp³-hybridized carbons (Fsp3) is 0.250. The summed E-state index contributed by atoms with van der Waals surface area (Å²) in [6, 6.07) is 2.64. The van der Waals surface area contributed by atoms with Gasteiger partial charge in [0.25, 0.3) is 0 Å². The predicted molar refractivity (Wildman–Crippen MR) is 58.6 cm³/mol. The summed E-state index contributed by atoms with van der Waals surface area (Å²) in [6.07, 6.45) is 0. The van der Waals surface area contributed by atoms with Crippen molar-refractivity contribution in [2.45, 2.75) is 0 Å². The standard InChI is InChI=1S/C8H10BClFNO4/c1-12(2)8-6(10)4-3-5(7(8)11)9(15-13)16-14/h3-4,13-14H,1-2H3. The fourth-order valence-corrected chi connectivity index (χ4v) is 1.60. The van der Waals surface area contributed by atoms with Crippen LogP contribution in [0.15, 0.2) is 12.1 Å². The van der Waals surface area contributed by atoms with Crippen LogP contribution in [-0.2, 0) is 9.61 Å². The van der Waals surface area contributed by atoms with Gasteiger partial charge in [0, 0.05) is 19.6 Å². The van der Waals surface area contributed by atoms with Crippen LogP contribution in [0.1, 0.15) is 0 Å². The number of halogens is 2. The quantitative estimate of drug-likeness (QED) is 0.477. The summed E-state index contributed by atoms with van der Waals surface area (Å²) in [5, 5.41) is 17.0. The largest absolute Gasteiger partial charge is 0.557 e. The first-order valence-electron chi connectivity index (χ1n) is 4.28. The lowest BCUT2D eigenvalue weighted by Gasteiger charge is -2.18. The first kappa shape index (κ1) is 13.2. The summed E-state index contributed by atoms with van der Waals surface area (Å²) in [6.45, 7) is 0. The molecule has 8 heteroatoms. The molecule has 2 N–H and O–H groups in total. The van der Waals surface area contributed by atoms with Crippen molar-refractivity contribution in [3.63, 3.8) is 0 Å². The predicted octanol–water partition coefficient (Wildman–Crippen LogP) is 1.22. The average molecular weight is 249 g/mol. The van der Waals surface area contributed by atoms with Crippen LogP contribution >= 0.6 is 11.6 Å². The van der Waals surface area contributed by atoms with E-state index in [1.165, 1.54) is 17.0 Å². The third kappa shape index (κ3) is 2.45. The molecule has 0 atom stereocenters. The van der Waals surface area contributed by atoms with E-state index in [0.29, 0.717) is 0 Å². The maximum atomic E-state index is 13.9. The van der Waals surface area contributed by atoms with E-state index < -0.39 is 12.9 Å². The molecule has 0 bridgehead atoms. The second-order valence-corrected chi connectivity index (χ2v) is 3.64. The van der Waals surface area contributed by atoms with Gasteiger partial charge in [-0.3, -0.25) is 20.1 Å². The molecule has 1 aromatic carbocycles. The molecule has 0 aliphatic carbocycles. The minimum Gasteiger partial charge on any atom is -0.374 e. The third-order valence-electron chi connectivity index (χ3n) is 1.99. The molecule has 0 saturated carbocycles. The van der Waals surface area contributed by atoms with E-state index in [1.54, 1.807) is 14.1 Å². The Morgan fingerprint density at radius 1 is 1.31 bits per heavy atom. The minimum absolute atomic E-state index is 0.110. The van der Waals surface area contributed by atoms with Crippen LogP contribution in [0.25, 0.3) is 0 Å². The molecule has 1 rings (SSSR count). The van der Waals surface area contributed by atoms with Crippen molar-refractivity contribution in [2.24, 2.45) is 0 Å². The first-order valence-corrected chi connectivity index (χ1v) is 4.66. The van der Waals surface area contributed by atoms with Gasteiger partial charge in [0.15, 0.2) is 0 Å². The zero-order valence-corrected chi connectivity index (χ0v) is 9.40. The molecular weight excluding hydrogens is 239 g/mol. The van der Waals surface area contributed by atoms with Crippen molar-refractivity contribution in [1.29, 1.82) is 0 Å². The number of hydrogen-bond acceptors (Lipinski definition) is 5. The molecule has 0 radical (unpaired) electrons. The summed E-state index contributed by atoms with van der Waals surface area (Å²) in [5.41, 5.74) is -0.0589. The van der Waals surface area contributed by atoms with Gasteiger partial charge in [-0.1, -0.05) is 17.7 Å². The molecule has 0 unspecified atom stereocenters. The maximum Gasteiger partial charge on any atom is 0.557 e. The highest BCUT2D eigenvalue weighted by atomic mass is 35.5. The number of hydrogen-bond donors (Lipinski definition) is 2. The molecule has 0 aromatic heterocycles. The van der Waals surface area contributed by atoms with E-state index in [1.807, 2.05) is 0 Å². The molecule has 0 saturated heterocycles. The van der Waals surface area contributed by atoms with E-state index in [2.05, 4.69) is 9.61 Å². The topological polar surface area (TPSA) is 62.2 Å². The van der Waals surface area contributed by atoms with E-state index >= 15 is 0 Å². The maximum absolute atomic E-state index is 13.9. The Hall–Kier alpha value is -0.855. The van der Waals surface area contributed by atoms with E-state index in [9.17, 15) is 4.39 Å². The SMILES string of the molecule is CN(C)c1c(Cl)ccc(B(OO)OO)c1F. The Kier molecular flexibility index (Phi) is 4.51. The second kappa shape index (κ2) is 5.47. The summed E-state index contributed by atoms with van der Waals surface area (Å²) in [7, 11) is 1.58. The Balaban J connectivity index is 3.28. The van der Waals surface area contributed by atoms with Gasteiger partial charge < -0.3 is 4.90 Å². The van der Waals surface area contributed by atoms with E-state index in [0.717, 1.165) is 0 Å². The van der Waals surface area contributed by atoms with Crippen molar-refractivity contribution >= 4 is 29.9 Å². The highest BCUT2D eigenvalue weighted by Crippen LogP contribution is 2.26. The van der Waals surface area contributed by atoms with Gasteiger partial charge >= 0.3 is 7.12 Å². The van der Waals surface area contributed by atoms with Gasteiger partial charge in [-0.15, -0.1) is 0 Å². The van der Waals surface area contributed by atoms with Crippen molar-refractivity contribution in [3.8, 4) is 0 Å². The van der Waals surface area contributed by atoms with Crippen LogP contribution in [0.2, 0.25) is 5.02 Å². The highest BCUT2D eigenvalue weighted by Gasteiger charge is 2.29. The van der Waals surface area contributed by atoms with Crippen LogP contribution < -0.4 is 10.4 Å². The molecule has 0 heterocycles. The number of benzene rings is 1. The van der Waals surface area contributed by atoms with Crippen molar-refractivity contribution in [3.05, 3.63) is 23.0 Å². The van der Waals surface area contributed by atoms with Gasteiger partial charge in [0.1, 0.15) is 5.82 Å². The zero-order valence-electron chi connectivity index (χ0n) is 8.65. The Morgan fingerprint density at radius 3 is 2.31 bits per heavy atom. The van der Waals surface area contributed by atoms with Crippen LogP contribution in [0.3, 0.4) is 0 Å². The molecule has 5 nitrogen and oxygen atoms in total. The van der Waals surface area contributed by atoms with Crippen molar-refractivity contribution < 1.29 is 24.5 Å². The molecule has 0 spiro atoms. The molecule has 0 amide bonds. The van der Waals surface area contributed by atoms with Gasteiger partial charge in [-0.05, 0) is 6.07 Å². The zero-order chi connectivity index (χ0) is 12.3. The molecule has 0 fully saturated rings. The normalized spacial score (nSPS) is 10.4. The lowest BCUT2D eigenvalue weighted by Crippen LogP contribution is -2.38. The number of rotatable bonds is 4. The summed E-state index contributed by atoms with van der Waals surface area (Å²) >= 11 is 5.80. The molecule has 1 aromatic rings. The Bertz CT molecular complexity index is 375. The second-order valence-electron chi connectivity index (χ2n) is 3.24. The fourth-order valence-electron chi connectivity index (χ4n) is 1.28. The molecule has 0 aliphatic heterocycles. The molecule has 0 aliphatic rings. The molecular formula is C8H10BClFNO4. The summed E-state index contributed by atoms with van der Waals surface area (Å²) in [4.78, 5) is 8.99. The highest BCUT2D eigenvalue weighted by molar-refractivity contribution is 6.61. The number of nitrogens with zero attached hydrogens (tertiary/aromatic N) is 1. The molecule has 88 valence electrons. The monoisotopic (exact) mass is 249 g/mol. The van der Waals surface area contributed by atoms with Crippen LogP contribution in [-0.4, -0.2) is 31.7 Å². The van der Waals surface area contributed by atoms with E-state index in [-0.39, 0.29) is 16.2 Å². The van der Waals surface area contributed by atoms with Gasteiger partial charge in [-0.2, -0.15) is 0 Å². The van der Waals surface area contributed by atoms with E-state index in [4.69, 9.17) is 22.1 Å². The smallest absolute Gasteiger partial charge is 0.374 e. The summed E-state index contributed by atoms with van der Waals surface area (Å²) in [5.74, 6) is -0.745. The van der Waals surface area contributed by atoms with Crippen LogP contribution in [0.4, 0.5) is 10.1 Å². The van der Waals surface area contributed by atoms with Gasteiger partial charge in [0.2, 0.25) is 0 Å². The van der Waals surface area contributed by atoms with Crippen LogP contribution in [0.5, 0.6) is 0 Å². The van der Waals surface area contributed by atoms with Crippen LogP contribution in [0, 0.1) is 5.82 Å². The average Bonchev–Trinajstić information content (AvgIpc) is 2.22. The van der Waals surface area contributed by atoms with Gasteiger partial charge in [0.05, 0.1) is 10.7 Å². The first-order chi connectivity index (χ1) is 7.52. The summed E-state index contributed by atoms with van der Waals surface area (Å²) < 4.78 is 13.9.